The van der Waals surface area contributed by atoms with Gasteiger partial charge in [0.25, 0.3) is 5.91 Å². The number of fused-ring (bicyclic) bond motifs is 1. The molecular weight excluding hydrogens is 475 g/mol. The van der Waals surface area contributed by atoms with Gasteiger partial charge in [0.15, 0.2) is 5.76 Å². The van der Waals surface area contributed by atoms with Crippen molar-refractivity contribution in [3.63, 3.8) is 0 Å². The fourth-order valence-corrected chi connectivity index (χ4v) is 3.79. The molecule has 2 amide bonds. The van der Waals surface area contributed by atoms with E-state index in [2.05, 4.69) is 5.32 Å². The SMILES string of the molecule is O=C(NO)Sc1ccc(OCCNC(=O)c2oc3ccccc3c2COc2ccc(F)cc2)cc1. The number of hydrogen-bond donors (Lipinski definition) is 3. The van der Waals surface area contributed by atoms with Crippen LogP contribution in [-0.2, 0) is 6.61 Å². The van der Waals surface area contributed by atoms with Gasteiger partial charge in [-0.15, -0.1) is 0 Å². The van der Waals surface area contributed by atoms with E-state index in [-0.39, 0.29) is 31.3 Å². The number of furan rings is 1. The summed E-state index contributed by atoms with van der Waals surface area (Å²) in [6.45, 7) is 0.495. The molecule has 4 aromatic rings. The Morgan fingerprint density at radius 3 is 2.37 bits per heavy atom. The van der Waals surface area contributed by atoms with Gasteiger partial charge in [-0.2, -0.15) is 0 Å². The molecule has 0 atom stereocenters. The van der Waals surface area contributed by atoms with Crippen LogP contribution in [0.15, 0.2) is 82.1 Å². The van der Waals surface area contributed by atoms with E-state index < -0.39 is 11.1 Å². The average molecular weight is 497 g/mol. The summed E-state index contributed by atoms with van der Waals surface area (Å²) in [6, 6.07) is 19.6. The van der Waals surface area contributed by atoms with E-state index in [0.717, 1.165) is 17.1 Å². The molecule has 0 aliphatic rings. The Hall–Kier alpha value is -4.02. The number of ether oxygens (including phenoxy) is 2. The minimum absolute atomic E-state index is 0.0700. The van der Waals surface area contributed by atoms with Gasteiger partial charge >= 0.3 is 5.24 Å². The van der Waals surface area contributed by atoms with E-state index in [1.54, 1.807) is 35.8 Å². The topological polar surface area (TPSA) is 110 Å². The van der Waals surface area contributed by atoms with E-state index in [1.165, 1.54) is 24.3 Å². The summed E-state index contributed by atoms with van der Waals surface area (Å²) < 4.78 is 30.3. The molecule has 180 valence electrons. The second-order valence-corrected chi connectivity index (χ2v) is 8.27. The van der Waals surface area contributed by atoms with Crippen LogP contribution in [0.5, 0.6) is 11.5 Å². The Labute approximate surface area is 204 Å². The van der Waals surface area contributed by atoms with E-state index >= 15 is 0 Å². The molecule has 10 heteroatoms. The lowest BCUT2D eigenvalue weighted by atomic mass is 10.1. The molecule has 0 unspecified atom stereocenters. The zero-order chi connectivity index (χ0) is 24.6. The molecule has 0 aliphatic carbocycles. The summed E-state index contributed by atoms with van der Waals surface area (Å²) in [5, 5.41) is 11.5. The number of carbonyl (C=O) groups excluding carboxylic acids is 2. The smallest absolute Gasteiger partial charge is 0.307 e. The highest BCUT2D eigenvalue weighted by molar-refractivity contribution is 8.13. The quantitative estimate of drug-likeness (QED) is 0.127. The lowest BCUT2D eigenvalue weighted by Crippen LogP contribution is -2.28. The third-order valence-corrected chi connectivity index (χ3v) is 5.67. The zero-order valence-corrected chi connectivity index (χ0v) is 19.1. The van der Waals surface area contributed by atoms with Crippen molar-refractivity contribution in [1.29, 1.82) is 0 Å². The summed E-state index contributed by atoms with van der Waals surface area (Å²) >= 11 is 0.838. The number of nitrogens with one attached hydrogen (secondary N) is 2. The van der Waals surface area contributed by atoms with Crippen LogP contribution in [0.25, 0.3) is 11.0 Å². The van der Waals surface area contributed by atoms with Crippen molar-refractivity contribution in [2.75, 3.05) is 13.2 Å². The molecule has 4 rings (SSSR count). The molecule has 0 aliphatic heterocycles. The molecule has 1 aromatic heterocycles. The lowest BCUT2D eigenvalue weighted by Gasteiger charge is -2.09. The van der Waals surface area contributed by atoms with Crippen molar-refractivity contribution in [2.45, 2.75) is 11.5 Å². The maximum Gasteiger partial charge on any atom is 0.307 e. The Balaban J connectivity index is 1.35. The summed E-state index contributed by atoms with van der Waals surface area (Å²) in [5.74, 6) is 0.390. The average Bonchev–Trinajstić information content (AvgIpc) is 3.26. The molecular formula is C25H21FN2O6S. The van der Waals surface area contributed by atoms with Crippen molar-refractivity contribution >= 4 is 33.9 Å². The monoisotopic (exact) mass is 496 g/mol. The van der Waals surface area contributed by atoms with Crippen molar-refractivity contribution in [3.05, 3.63) is 89.9 Å². The van der Waals surface area contributed by atoms with Gasteiger partial charge in [0, 0.05) is 15.8 Å². The van der Waals surface area contributed by atoms with Gasteiger partial charge < -0.3 is 19.2 Å². The third-order valence-electron chi connectivity index (χ3n) is 4.88. The Bertz CT molecular complexity index is 1310. The van der Waals surface area contributed by atoms with Crippen LogP contribution in [0.1, 0.15) is 16.1 Å². The number of rotatable bonds is 9. The van der Waals surface area contributed by atoms with Crippen LogP contribution < -0.4 is 20.3 Å². The van der Waals surface area contributed by atoms with Crippen LogP contribution >= 0.6 is 11.8 Å². The Kier molecular flexibility index (Phi) is 7.86. The van der Waals surface area contributed by atoms with Gasteiger partial charge in [-0.1, -0.05) is 18.2 Å². The van der Waals surface area contributed by atoms with Crippen molar-refractivity contribution in [3.8, 4) is 11.5 Å². The molecule has 0 radical (unpaired) electrons. The molecule has 0 spiro atoms. The number of amides is 2. The molecule has 1 heterocycles. The van der Waals surface area contributed by atoms with Crippen LogP contribution in [0.4, 0.5) is 9.18 Å². The summed E-state index contributed by atoms with van der Waals surface area (Å²) in [4.78, 5) is 24.7. The first-order valence-corrected chi connectivity index (χ1v) is 11.4. The van der Waals surface area contributed by atoms with E-state index in [1.807, 2.05) is 18.2 Å². The van der Waals surface area contributed by atoms with Gasteiger partial charge in [0.05, 0.1) is 6.54 Å². The molecule has 0 saturated heterocycles. The number of halogens is 1. The van der Waals surface area contributed by atoms with Crippen molar-refractivity contribution in [1.82, 2.24) is 10.8 Å². The molecule has 3 N–H and O–H groups in total. The van der Waals surface area contributed by atoms with Crippen LogP contribution in [-0.4, -0.2) is 29.5 Å². The fourth-order valence-electron chi connectivity index (χ4n) is 3.26. The predicted molar refractivity (Wildman–Crippen MR) is 127 cm³/mol. The number of thioether (sulfide) groups is 1. The second-order valence-electron chi connectivity index (χ2n) is 7.23. The van der Waals surface area contributed by atoms with E-state index in [9.17, 15) is 14.0 Å². The van der Waals surface area contributed by atoms with Crippen molar-refractivity contribution in [2.24, 2.45) is 0 Å². The van der Waals surface area contributed by atoms with Crippen LogP contribution in [0.2, 0.25) is 0 Å². The lowest BCUT2D eigenvalue weighted by molar-refractivity contribution is 0.0918. The molecule has 0 saturated carbocycles. The van der Waals surface area contributed by atoms with Crippen molar-refractivity contribution < 1.29 is 33.1 Å². The number of carbonyl (C=O) groups is 2. The van der Waals surface area contributed by atoms with E-state index in [4.69, 9.17) is 19.1 Å². The molecule has 3 aromatic carbocycles. The second kappa shape index (κ2) is 11.4. The highest BCUT2D eigenvalue weighted by Gasteiger charge is 2.21. The largest absolute Gasteiger partial charge is 0.492 e. The van der Waals surface area contributed by atoms with Crippen LogP contribution in [0, 0.1) is 5.82 Å². The number of hydrogen-bond acceptors (Lipinski definition) is 7. The minimum Gasteiger partial charge on any atom is -0.492 e. The predicted octanol–water partition coefficient (Wildman–Crippen LogP) is 5.15. The zero-order valence-electron chi connectivity index (χ0n) is 18.3. The number of hydroxylamine groups is 1. The highest BCUT2D eigenvalue weighted by atomic mass is 32.2. The standard InChI is InChI=1S/C25H21FN2O6S/c26-16-5-7-18(8-6-16)33-15-21-20-3-1-2-4-22(20)34-23(21)24(29)27-13-14-32-17-9-11-19(12-10-17)35-25(30)28-31/h1-12,31H,13-15H2,(H,27,29)(H,28,30). The Morgan fingerprint density at radius 2 is 1.63 bits per heavy atom. The first-order valence-electron chi connectivity index (χ1n) is 10.6. The highest BCUT2D eigenvalue weighted by Crippen LogP contribution is 2.27. The Morgan fingerprint density at radius 1 is 0.943 bits per heavy atom. The molecule has 0 bridgehead atoms. The summed E-state index contributed by atoms with van der Waals surface area (Å²) in [7, 11) is 0. The third kappa shape index (κ3) is 6.31. The summed E-state index contributed by atoms with van der Waals surface area (Å²) in [6.07, 6.45) is 0. The van der Waals surface area contributed by atoms with Gasteiger partial charge in [0.2, 0.25) is 0 Å². The maximum absolute atomic E-state index is 13.2. The minimum atomic E-state index is -0.589. The summed E-state index contributed by atoms with van der Waals surface area (Å²) in [5.41, 5.74) is 2.69. The number of para-hydroxylation sites is 1. The van der Waals surface area contributed by atoms with Crippen LogP contribution in [0.3, 0.4) is 0 Å². The van der Waals surface area contributed by atoms with E-state index in [0.29, 0.717) is 27.5 Å². The number of benzene rings is 3. The van der Waals surface area contributed by atoms with Gasteiger partial charge in [0.1, 0.15) is 36.1 Å². The normalized spacial score (nSPS) is 10.7. The molecule has 8 nitrogen and oxygen atoms in total. The maximum atomic E-state index is 13.2. The first-order chi connectivity index (χ1) is 17.0. The fraction of sp³-hybridized carbons (Fsp3) is 0.120. The molecule has 35 heavy (non-hydrogen) atoms. The van der Waals surface area contributed by atoms with Gasteiger partial charge in [-0.25, -0.2) is 9.87 Å². The molecule has 0 fully saturated rings. The van der Waals surface area contributed by atoms with Gasteiger partial charge in [-0.05, 0) is 66.4 Å². The first kappa shape index (κ1) is 24.1. The van der Waals surface area contributed by atoms with Gasteiger partial charge in [-0.3, -0.25) is 14.8 Å².